The fourth-order valence-corrected chi connectivity index (χ4v) is 4.15. The van der Waals surface area contributed by atoms with Crippen molar-refractivity contribution in [1.29, 1.82) is 0 Å². The number of hydrogen-bond donors (Lipinski definition) is 2. The number of aryl methyl sites for hydroxylation is 1. The summed E-state index contributed by atoms with van der Waals surface area (Å²) in [5, 5.41) is 20.0. The molecule has 0 spiro atoms. The summed E-state index contributed by atoms with van der Waals surface area (Å²) in [6, 6.07) is 9.01. The summed E-state index contributed by atoms with van der Waals surface area (Å²) in [5.74, 6) is 0.787. The van der Waals surface area contributed by atoms with E-state index in [1.165, 1.54) is 0 Å². The molecule has 1 saturated heterocycles. The SMILES string of the molecule is CCn1c(C)cc(O)c([C@@H](c2ccc(OC)cc2)N2CCN(CCO)CC2)c1=O. The Bertz CT molecular complexity index is 871. The van der Waals surface area contributed by atoms with Gasteiger partial charge in [0.25, 0.3) is 5.56 Å². The van der Waals surface area contributed by atoms with Gasteiger partial charge in [-0.3, -0.25) is 14.6 Å². The maximum Gasteiger partial charge on any atom is 0.259 e. The van der Waals surface area contributed by atoms with Gasteiger partial charge in [0.15, 0.2) is 0 Å². The Morgan fingerprint density at radius 3 is 2.34 bits per heavy atom. The standard InChI is InChI=1S/C22H31N3O4/c1-4-25-16(2)15-19(27)20(22(25)28)21(17-5-7-18(29-3)8-6-17)24-11-9-23(10-12-24)13-14-26/h5-8,15,21,26-27H,4,9-14H2,1-3H3/t21-/m1/s1. The summed E-state index contributed by atoms with van der Waals surface area (Å²) in [6.45, 7) is 8.23. The zero-order chi connectivity index (χ0) is 21.0. The van der Waals surface area contributed by atoms with Crippen molar-refractivity contribution in [3.63, 3.8) is 0 Å². The van der Waals surface area contributed by atoms with Crippen LogP contribution in [-0.2, 0) is 6.54 Å². The molecule has 0 bridgehead atoms. The summed E-state index contributed by atoms with van der Waals surface area (Å²) in [6.07, 6.45) is 0. The minimum atomic E-state index is -0.344. The first kappa shape index (κ1) is 21.4. The molecule has 0 amide bonds. The van der Waals surface area contributed by atoms with Gasteiger partial charge in [0, 0.05) is 45.0 Å². The number of β-amino-alcohol motifs (C(OH)–C–C–N with tert-alkyl or cyclic N) is 1. The average Bonchev–Trinajstić information content (AvgIpc) is 2.72. The van der Waals surface area contributed by atoms with Gasteiger partial charge >= 0.3 is 0 Å². The highest BCUT2D eigenvalue weighted by atomic mass is 16.5. The average molecular weight is 402 g/mol. The van der Waals surface area contributed by atoms with E-state index in [0.29, 0.717) is 18.7 Å². The lowest BCUT2D eigenvalue weighted by molar-refractivity contribution is 0.0932. The van der Waals surface area contributed by atoms with Gasteiger partial charge in [-0.1, -0.05) is 12.1 Å². The minimum absolute atomic E-state index is 0.0378. The molecule has 7 nitrogen and oxygen atoms in total. The van der Waals surface area contributed by atoms with E-state index in [1.807, 2.05) is 38.1 Å². The van der Waals surface area contributed by atoms with Crippen LogP contribution in [0.25, 0.3) is 0 Å². The molecule has 1 aliphatic heterocycles. The monoisotopic (exact) mass is 401 g/mol. The van der Waals surface area contributed by atoms with Gasteiger partial charge in [-0.25, -0.2) is 0 Å². The number of aliphatic hydroxyl groups is 1. The van der Waals surface area contributed by atoms with Crippen LogP contribution in [0.15, 0.2) is 35.1 Å². The van der Waals surface area contributed by atoms with Crippen LogP contribution in [0, 0.1) is 6.92 Å². The minimum Gasteiger partial charge on any atom is -0.507 e. The number of benzene rings is 1. The van der Waals surface area contributed by atoms with Gasteiger partial charge in [0.2, 0.25) is 0 Å². The maximum absolute atomic E-state index is 13.3. The summed E-state index contributed by atoms with van der Waals surface area (Å²) in [5.41, 5.74) is 1.96. The van der Waals surface area contributed by atoms with Crippen LogP contribution in [0.1, 0.15) is 29.8 Å². The van der Waals surface area contributed by atoms with Crippen LogP contribution in [0.5, 0.6) is 11.5 Å². The molecule has 0 unspecified atom stereocenters. The predicted molar refractivity (Wildman–Crippen MR) is 113 cm³/mol. The van der Waals surface area contributed by atoms with E-state index in [9.17, 15) is 15.0 Å². The number of methoxy groups -OCH3 is 1. The molecule has 2 N–H and O–H groups in total. The van der Waals surface area contributed by atoms with Crippen LogP contribution in [-0.4, -0.2) is 71.0 Å². The Labute approximate surface area is 171 Å². The summed E-state index contributed by atoms with van der Waals surface area (Å²) in [4.78, 5) is 17.7. The Morgan fingerprint density at radius 2 is 1.79 bits per heavy atom. The third kappa shape index (κ3) is 4.47. The van der Waals surface area contributed by atoms with E-state index in [1.54, 1.807) is 17.7 Å². The van der Waals surface area contributed by atoms with Crippen LogP contribution < -0.4 is 10.3 Å². The number of ether oxygens (including phenoxy) is 1. The van der Waals surface area contributed by atoms with Gasteiger partial charge in [-0.15, -0.1) is 0 Å². The third-order valence-corrected chi connectivity index (χ3v) is 5.73. The number of aliphatic hydroxyl groups excluding tert-OH is 1. The maximum atomic E-state index is 13.3. The quantitative estimate of drug-likeness (QED) is 0.734. The molecule has 1 fully saturated rings. The van der Waals surface area contributed by atoms with E-state index in [2.05, 4.69) is 9.80 Å². The van der Waals surface area contributed by atoms with Crippen molar-refractivity contribution in [2.45, 2.75) is 26.4 Å². The summed E-state index contributed by atoms with van der Waals surface area (Å²) < 4.78 is 6.98. The molecule has 1 aliphatic rings. The van der Waals surface area contributed by atoms with Gasteiger partial charge in [0.1, 0.15) is 11.5 Å². The molecular formula is C22H31N3O4. The van der Waals surface area contributed by atoms with Crippen LogP contribution >= 0.6 is 0 Å². The van der Waals surface area contributed by atoms with E-state index in [0.717, 1.165) is 43.2 Å². The molecule has 0 radical (unpaired) electrons. The Hall–Kier alpha value is -2.35. The topological polar surface area (TPSA) is 78.2 Å². The van der Waals surface area contributed by atoms with E-state index in [-0.39, 0.29) is 24.0 Å². The van der Waals surface area contributed by atoms with Crippen molar-refractivity contribution in [1.82, 2.24) is 14.4 Å². The number of pyridine rings is 1. The number of piperazine rings is 1. The molecule has 1 aromatic carbocycles. The molecule has 7 heteroatoms. The highest BCUT2D eigenvalue weighted by molar-refractivity contribution is 5.42. The molecule has 0 aliphatic carbocycles. The van der Waals surface area contributed by atoms with E-state index < -0.39 is 0 Å². The second-order valence-electron chi connectivity index (χ2n) is 7.41. The first-order chi connectivity index (χ1) is 14.0. The predicted octanol–water partition coefficient (Wildman–Crippen LogP) is 1.59. The van der Waals surface area contributed by atoms with Crippen LogP contribution in [0.4, 0.5) is 0 Å². The highest BCUT2D eigenvalue weighted by Gasteiger charge is 2.31. The lowest BCUT2D eigenvalue weighted by Gasteiger charge is -2.39. The van der Waals surface area contributed by atoms with Crippen molar-refractivity contribution in [2.75, 3.05) is 46.4 Å². The Kier molecular flexibility index (Phi) is 6.95. The number of nitrogens with zero attached hydrogens (tertiary/aromatic N) is 3. The normalized spacial score (nSPS) is 16.7. The number of hydrogen-bond acceptors (Lipinski definition) is 6. The van der Waals surface area contributed by atoms with Crippen LogP contribution in [0.2, 0.25) is 0 Å². The van der Waals surface area contributed by atoms with Crippen molar-refractivity contribution in [2.24, 2.45) is 0 Å². The molecule has 3 rings (SSSR count). The molecule has 0 saturated carbocycles. The van der Waals surface area contributed by atoms with Gasteiger partial charge in [-0.05, 0) is 37.6 Å². The molecule has 1 atom stereocenters. The van der Waals surface area contributed by atoms with Crippen LogP contribution in [0.3, 0.4) is 0 Å². The number of rotatable bonds is 7. The lowest BCUT2D eigenvalue weighted by atomic mass is 9.96. The molecule has 158 valence electrons. The zero-order valence-corrected chi connectivity index (χ0v) is 17.5. The first-order valence-electron chi connectivity index (χ1n) is 10.1. The fourth-order valence-electron chi connectivity index (χ4n) is 4.15. The second-order valence-corrected chi connectivity index (χ2v) is 7.41. The Balaban J connectivity index is 2.06. The van der Waals surface area contributed by atoms with Crippen molar-refractivity contribution >= 4 is 0 Å². The Morgan fingerprint density at radius 1 is 1.14 bits per heavy atom. The summed E-state index contributed by atoms with van der Waals surface area (Å²) >= 11 is 0. The zero-order valence-electron chi connectivity index (χ0n) is 17.5. The number of aromatic nitrogens is 1. The lowest BCUT2D eigenvalue weighted by Crippen LogP contribution is -2.49. The highest BCUT2D eigenvalue weighted by Crippen LogP contribution is 2.34. The molecule has 2 heterocycles. The van der Waals surface area contributed by atoms with Gasteiger partial charge in [0.05, 0.1) is 25.3 Å². The van der Waals surface area contributed by atoms with Crippen molar-refractivity contribution in [3.05, 3.63) is 57.5 Å². The number of aromatic hydroxyl groups is 1. The van der Waals surface area contributed by atoms with Gasteiger partial charge < -0.3 is 19.5 Å². The van der Waals surface area contributed by atoms with E-state index >= 15 is 0 Å². The second kappa shape index (κ2) is 9.43. The summed E-state index contributed by atoms with van der Waals surface area (Å²) in [7, 11) is 1.62. The third-order valence-electron chi connectivity index (χ3n) is 5.73. The largest absolute Gasteiger partial charge is 0.507 e. The van der Waals surface area contributed by atoms with E-state index in [4.69, 9.17) is 4.74 Å². The first-order valence-corrected chi connectivity index (χ1v) is 10.1. The fraction of sp³-hybridized carbons (Fsp3) is 0.500. The van der Waals surface area contributed by atoms with Crippen molar-refractivity contribution < 1.29 is 14.9 Å². The van der Waals surface area contributed by atoms with Gasteiger partial charge in [-0.2, -0.15) is 0 Å². The smallest absolute Gasteiger partial charge is 0.259 e. The molecular weight excluding hydrogens is 370 g/mol. The molecule has 2 aromatic rings. The van der Waals surface area contributed by atoms with Crippen molar-refractivity contribution in [3.8, 4) is 11.5 Å². The molecule has 1 aromatic heterocycles. The molecule has 29 heavy (non-hydrogen) atoms.